The molecule has 0 saturated heterocycles. The molecule has 62 valence electrons. The third-order valence-electron chi connectivity index (χ3n) is 0. The predicted molar refractivity (Wildman–Crippen MR) is 58.4 cm³/mol. The van der Waals surface area contributed by atoms with Crippen LogP contribution in [0.4, 0.5) is 0 Å². The molecule has 0 saturated carbocycles. The van der Waals surface area contributed by atoms with Crippen molar-refractivity contribution in [1.82, 2.24) is 4.90 Å². The van der Waals surface area contributed by atoms with Crippen LogP contribution in [0.25, 0.3) is 0 Å². The van der Waals surface area contributed by atoms with E-state index in [4.69, 9.17) is 35.6 Å². The van der Waals surface area contributed by atoms with Crippen molar-refractivity contribution in [3.05, 3.63) is 0 Å². The molecule has 6 heteroatoms. The Morgan fingerprint density at radius 1 is 0.889 bits per heavy atom. The number of rotatable bonds is 0. The molecular formula is C3H10Cl4IN. The van der Waals surface area contributed by atoms with Crippen LogP contribution in [0.5, 0.6) is 0 Å². The predicted octanol–water partition coefficient (Wildman–Crippen LogP) is 3.55. The summed E-state index contributed by atoms with van der Waals surface area (Å²) in [5.41, 5.74) is 0. The minimum atomic E-state index is -3.13. The molecular weight excluding hydrogens is 319 g/mol. The Morgan fingerprint density at radius 3 is 0.889 bits per heavy atom. The summed E-state index contributed by atoms with van der Waals surface area (Å²) in [6, 6.07) is 0. The average Bonchev–Trinajstić information content (AvgIpc) is 1.19. The second-order valence-electron chi connectivity index (χ2n) is 1.69. The van der Waals surface area contributed by atoms with Gasteiger partial charge in [0, 0.05) is 0 Å². The Hall–Kier alpha value is 1.85. The van der Waals surface area contributed by atoms with E-state index in [1.807, 2.05) is 26.0 Å². The molecule has 0 fully saturated rings. The van der Waals surface area contributed by atoms with Crippen molar-refractivity contribution in [1.29, 1.82) is 0 Å². The summed E-state index contributed by atoms with van der Waals surface area (Å²) in [5.74, 6) is 0. The van der Waals surface area contributed by atoms with Crippen molar-refractivity contribution < 1.29 is 0 Å². The molecule has 9 heavy (non-hydrogen) atoms. The van der Waals surface area contributed by atoms with Crippen molar-refractivity contribution in [2.75, 3.05) is 21.1 Å². The monoisotopic (exact) mass is 327 g/mol. The molecule has 0 N–H and O–H groups in total. The molecule has 0 aliphatic heterocycles. The second-order valence-corrected chi connectivity index (χ2v) is 22.5. The first-order valence-electron chi connectivity index (χ1n) is 1.96. The fourth-order valence-corrected chi connectivity index (χ4v) is 0. The van der Waals surface area contributed by atoms with E-state index in [1.165, 1.54) is 0 Å². The third-order valence-corrected chi connectivity index (χ3v) is 0. The molecule has 0 aromatic rings. The number of hydrogen-bond donors (Lipinski definition) is 0. The fourth-order valence-electron chi connectivity index (χ4n) is 0. The Kier molecular flexibility index (Phi) is 9.79. The molecule has 0 aromatic heterocycles. The van der Waals surface area contributed by atoms with Crippen LogP contribution in [0.15, 0.2) is 0 Å². The van der Waals surface area contributed by atoms with Crippen LogP contribution in [-0.2, 0) is 0 Å². The first-order chi connectivity index (χ1) is 3.73. The van der Waals surface area contributed by atoms with E-state index >= 15 is 0 Å². The molecule has 0 bridgehead atoms. The maximum atomic E-state index is 5.02. The van der Waals surface area contributed by atoms with E-state index in [2.05, 4.69) is 0 Å². The molecule has 0 unspecified atom stereocenters. The van der Waals surface area contributed by atoms with Gasteiger partial charge in [0.25, 0.3) is 0 Å². The summed E-state index contributed by atoms with van der Waals surface area (Å²) in [6.07, 6.45) is 0. The first-order valence-corrected chi connectivity index (χ1v) is 13.8. The van der Waals surface area contributed by atoms with Gasteiger partial charge in [-0.1, -0.05) is 0 Å². The van der Waals surface area contributed by atoms with Crippen molar-refractivity contribution in [2.24, 2.45) is 0 Å². The van der Waals surface area contributed by atoms with Crippen LogP contribution in [-0.4, -0.2) is 26.0 Å². The fraction of sp³-hybridized carbons (Fsp3) is 1.00. The SMILES string of the molecule is CN(C)C.Cl[IH](Cl)(Cl)Cl. The van der Waals surface area contributed by atoms with Gasteiger partial charge in [0.15, 0.2) is 0 Å². The molecule has 0 aliphatic carbocycles. The Bertz CT molecular complexity index is 52.6. The van der Waals surface area contributed by atoms with E-state index in [-0.39, 0.29) is 0 Å². The number of halogens is 5. The van der Waals surface area contributed by atoms with Crippen molar-refractivity contribution in [3.8, 4) is 0 Å². The summed E-state index contributed by atoms with van der Waals surface area (Å²) in [7, 11) is 26.1. The van der Waals surface area contributed by atoms with Crippen molar-refractivity contribution >= 4 is 49.6 Å². The quantitative estimate of drug-likeness (QED) is 0.615. The van der Waals surface area contributed by atoms with Gasteiger partial charge in [-0.2, -0.15) is 0 Å². The van der Waals surface area contributed by atoms with Crippen LogP contribution in [0.2, 0.25) is 0 Å². The van der Waals surface area contributed by atoms with Gasteiger partial charge in [0.1, 0.15) is 0 Å². The second kappa shape index (κ2) is 6.55. The van der Waals surface area contributed by atoms with Crippen molar-refractivity contribution in [3.63, 3.8) is 0 Å². The first kappa shape index (κ1) is 13.4. The van der Waals surface area contributed by atoms with Gasteiger partial charge < -0.3 is 4.90 Å². The standard InChI is InChI=1S/C3H9N.Cl4HI/c1-4(2)3;1-5(2,3)4/h1-3H3;5H. The summed E-state index contributed by atoms with van der Waals surface area (Å²) < 4.78 is 0. The van der Waals surface area contributed by atoms with Gasteiger partial charge in [-0.25, -0.2) is 0 Å². The zero-order valence-electron chi connectivity index (χ0n) is 5.37. The van der Waals surface area contributed by atoms with Crippen LogP contribution >= 0.6 is 49.6 Å². The van der Waals surface area contributed by atoms with Gasteiger partial charge in [-0.15, -0.1) is 0 Å². The van der Waals surface area contributed by atoms with Gasteiger partial charge in [-0.3, -0.25) is 0 Å². The minimum absolute atomic E-state index is 2.00. The van der Waals surface area contributed by atoms with Crippen LogP contribution in [0.1, 0.15) is 0 Å². The van der Waals surface area contributed by atoms with Gasteiger partial charge in [0.05, 0.1) is 0 Å². The van der Waals surface area contributed by atoms with Gasteiger partial charge in [0.2, 0.25) is 0 Å². The number of nitrogens with zero attached hydrogens (tertiary/aromatic N) is 1. The van der Waals surface area contributed by atoms with Crippen LogP contribution in [0, 0.1) is 0 Å². The van der Waals surface area contributed by atoms with E-state index < -0.39 is 13.9 Å². The Morgan fingerprint density at radius 2 is 0.889 bits per heavy atom. The normalized spacial score (nSPS) is 12.4. The molecule has 0 radical (unpaired) electrons. The molecule has 0 rings (SSSR count). The molecule has 0 amide bonds. The van der Waals surface area contributed by atoms with E-state index in [9.17, 15) is 0 Å². The summed E-state index contributed by atoms with van der Waals surface area (Å²) in [6.45, 7) is 0. The summed E-state index contributed by atoms with van der Waals surface area (Å²) in [5, 5.41) is 0. The summed E-state index contributed by atoms with van der Waals surface area (Å²) in [4.78, 5) is 2.00. The third kappa shape index (κ3) is 177. The molecule has 0 heterocycles. The molecule has 1 nitrogen and oxygen atoms in total. The molecule has 0 aromatic carbocycles. The zero-order valence-corrected chi connectivity index (χ0v) is 10.7. The van der Waals surface area contributed by atoms with E-state index in [0.717, 1.165) is 0 Å². The average molecular weight is 329 g/mol. The zero-order chi connectivity index (χ0) is 8.08. The van der Waals surface area contributed by atoms with Gasteiger partial charge >= 0.3 is 49.6 Å². The Labute approximate surface area is 74.9 Å². The number of hydrogen-bond acceptors (Lipinski definition) is 1. The van der Waals surface area contributed by atoms with Crippen LogP contribution < -0.4 is 0 Å². The van der Waals surface area contributed by atoms with Crippen molar-refractivity contribution in [2.45, 2.75) is 0 Å². The van der Waals surface area contributed by atoms with Crippen LogP contribution in [0.3, 0.4) is 0 Å². The topological polar surface area (TPSA) is 3.24 Å². The van der Waals surface area contributed by atoms with Gasteiger partial charge in [-0.05, 0) is 21.1 Å². The Balaban J connectivity index is 0. The molecule has 0 aliphatic rings. The van der Waals surface area contributed by atoms with E-state index in [1.54, 1.807) is 0 Å². The summed E-state index contributed by atoms with van der Waals surface area (Å²) >= 11 is -3.13. The molecule has 0 spiro atoms. The molecule has 0 atom stereocenters. The maximum absolute atomic E-state index is 5.02. The van der Waals surface area contributed by atoms with E-state index in [0.29, 0.717) is 0 Å².